The van der Waals surface area contributed by atoms with E-state index < -0.39 is 0 Å². The van der Waals surface area contributed by atoms with Crippen molar-refractivity contribution < 1.29 is 0 Å². The lowest BCUT2D eigenvalue weighted by molar-refractivity contribution is 0.571. The molecule has 0 radical (unpaired) electrons. The number of anilines is 1. The van der Waals surface area contributed by atoms with Crippen molar-refractivity contribution in [3.63, 3.8) is 0 Å². The summed E-state index contributed by atoms with van der Waals surface area (Å²) < 4.78 is 5.28. The molecule has 0 saturated heterocycles. The molecule has 8 heteroatoms. The molecule has 3 aromatic heterocycles. The van der Waals surface area contributed by atoms with Crippen LogP contribution in [0.15, 0.2) is 10.9 Å². The lowest BCUT2D eigenvalue weighted by Gasteiger charge is -2.12. The molecule has 3 heterocycles. The average Bonchev–Trinajstić information content (AvgIpc) is 3.02. The molecule has 0 fully saturated rings. The summed E-state index contributed by atoms with van der Waals surface area (Å²) in [6, 6.07) is 2.07. The normalized spacial score (nSPS) is 11.4. The van der Waals surface area contributed by atoms with Gasteiger partial charge in [0.05, 0.1) is 11.4 Å². The van der Waals surface area contributed by atoms with Gasteiger partial charge in [0.25, 0.3) is 5.56 Å². The van der Waals surface area contributed by atoms with E-state index in [1.54, 1.807) is 16.3 Å². The van der Waals surface area contributed by atoms with Gasteiger partial charge in [-0.3, -0.25) is 18.7 Å². The molecule has 0 aliphatic heterocycles. The summed E-state index contributed by atoms with van der Waals surface area (Å²) in [7, 11) is 1.78. The topological polar surface area (TPSA) is 82.6 Å². The minimum atomic E-state index is -0.0587. The first-order valence-corrected chi connectivity index (χ1v) is 8.61. The number of nitrogens with one attached hydrogen (secondary N) is 1. The molecule has 0 bridgehead atoms. The van der Waals surface area contributed by atoms with Crippen LogP contribution in [0.25, 0.3) is 11.0 Å². The summed E-state index contributed by atoms with van der Waals surface area (Å²) in [5.74, 6) is 0.601. The average molecular weight is 343 g/mol. The van der Waals surface area contributed by atoms with Crippen LogP contribution in [-0.2, 0) is 20.1 Å². The molecule has 3 aromatic rings. The zero-order valence-electron chi connectivity index (χ0n) is 15.5. The molecule has 8 nitrogen and oxygen atoms in total. The highest BCUT2D eigenvalue weighted by Crippen LogP contribution is 2.14. The zero-order valence-corrected chi connectivity index (χ0v) is 15.5. The van der Waals surface area contributed by atoms with Crippen LogP contribution in [0.2, 0.25) is 0 Å². The molecular weight excluding hydrogens is 318 g/mol. The van der Waals surface area contributed by atoms with Crippen molar-refractivity contribution in [3.05, 3.63) is 33.5 Å². The Hall–Kier alpha value is -2.64. The Morgan fingerprint density at radius 3 is 2.60 bits per heavy atom. The summed E-state index contributed by atoms with van der Waals surface area (Å²) in [6.45, 7) is 9.98. The van der Waals surface area contributed by atoms with E-state index in [1.807, 2.05) is 25.5 Å². The Morgan fingerprint density at radius 1 is 1.20 bits per heavy atom. The van der Waals surface area contributed by atoms with Crippen LogP contribution in [-0.4, -0.2) is 35.7 Å². The first kappa shape index (κ1) is 17.2. The Morgan fingerprint density at radius 2 is 1.96 bits per heavy atom. The van der Waals surface area contributed by atoms with Crippen LogP contribution >= 0.6 is 0 Å². The van der Waals surface area contributed by atoms with E-state index in [0.717, 1.165) is 36.6 Å². The quantitative estimate of drug-likeness (QED) is 0.690. The lowest BCUT2D eigenvalue weighted by atomic mass is 10.3. The molecular formula is C17H25N7O. The molecule has 0 aromatic carbocycles. The van der Waals surface area contributed by atoms with E-state index in [0.29, 0.717) is 23.5 Å². The number of aromatic nitrogens is 6. The van der Waals surface area contributed by atoms with Gasteiger partial charge in [-0.25, -0.2) is 4.98 Å². The highest BCUT2D eigenvalue weighted by Gasteiger charge is 2.15. The van der Waals surface area contributed by atoms with Crippen molar-refractivity contribution in [3.8, 4) is 0 Å². The second-order valence-electron chi connectivity index (χ2n) is 6.32. The molecule has 0 amide bonds. The largest absolute Gasteiger partial charge is 0.355 e. The van der Waals surface area contributed by atoms with Crippen LogP contribution in [0.5, 0.6) is 0 Å². The number of fused-ring (bicyclic) bond motifs is 1. The van der Waals surface area contributed by atoms with Gasteiger partial charge >= 0.3 is 0 Å². The Bertz CT molecular complexity index is 964. The van der Waals surface area contributed by atoms with Crippen molar-refractivity contribution in [2.75, 3.05) is 11.9 Å². The van der Waals surface area contributed by atoms with Gasteiger partial charge < -0.3 is 5.32 Å². The van der Waals surface area contributed by atoms with E-state index in [1.165, 1.54) is 0 Å². The van der Waals surface area contributed by atoms with Gasteiger partial charge in [-0.1, -0.05) is 0 Å². The van der Waals surface area contributed by atoms with Crippen LogP contribution in [0.4, 0.5) is 5.95 Å². The number of hydrogen-bond acceptors (Lipinski definition) is 5. The first-order chi connectivity index (χ1) is 11.9. The van der Waals surface area contributed by atoms with Crippen molar-refractivity contribution in [1.82, 2.24) is 29.1 Å². The highest BCUT2D eigenvalue weighted by molar-refractivity contribution is 5.77. The van der Waals surface area contributed by atoms with Gasteiger partial charge in [0, 0.05) is 32.4 Å². The minimum Gasteiger partial charge on any atom is -0.355 e. The predicted octanol–water partition coefficient (Wildman–Crippen LogP) is 1.77. The maximum atomic E-state index is 12.7. The van der Waals surface area contributed by atoms with Crippen LogP contribution in [0, 0.1) is 20.8 Å². The van der Waals surface area contributed by atoms with Gasteiger partial charge in [-0.15, -0.1) is 0 Å². The van der Waals surface area contributed by atoms with Crippen LogP contribution < -0.4 is 10.9 Å². The summed E-state index contributed by atoms with van der Waals surface area (Å²) >= 11 is 0. The molecule has 0 aliphatic carbocycles. The monoisotopic (exact) mass is 343 g/mol. The fourth-order valence-electron chi connectivity index (χ4n) is 3.17. The third-order valence-electron chi connectivity index (χ3n) is 4.36. The summed E-state index contributed by atoms with van der Waals surface area (Å²) in [5, 5.41) is 12.1. The Labute approximate surface area is 146 Å². The molecule has 0 atom stereocenters. The van der Waals surface area contributed by atoms with Crippen molar-refractivity contribution in [1.29, 1.82) is 0 Å². The van der Waals surface area contributed by atoms with Gasteiger partial charge in [-0.2, -0.15) is 10.2 Å². The SMILES string of the molecule is CCn1c(NCCCn2nc(C)cc2C)nc2c(C)nn(C)c2c1=O. The highest BCUT2D eigenvalue weighted by atomic mass is 16.1. The zero-order chi connectivity index (χ0) is 18.1. The molecule has 0 spiro atoms. The van der Waals surface area contributed by atoms with Gasteiger partial charge in [-0.05, 0) is 40.2 Å². The van der Waals surface area contributed by atoms with E-state index in [2.05, 4.69) is 33.5 Å². The maximum absolute atomic E-state index is 12.7. The number of nitrogens with zero attached hydrogens (tertiary/aromatic N) is 6. The molecule has 0 saturated carbocycles. The predicted molar refractivity (Wildman–Crippen MR) is 98.0 cm³/mol. The molecule has 134 valence electrons. The first-order valence-electron chi connectivity index (χ1n) is 8.61. The fraction of sp³-hybridized carbons (Fsp3) is 0.529. The van der Waals surface area contributed by atoms with E-state index in [9.17, 15) is 4.79 Å². The molecule has 25 heavy (non-hydrogen) atoms. The smallest absolute Gasteiger partial charge is 0.281 e. The minimum absolute atomic E-state index is 0.0587. The van der Waals surface area contributed by atoms with Gasteiger partial charge in [0.1, 0.15) is 5.52 Å². The standard InChI is InChI=1S/C17H25N7O/c1-6-23-16(25)15-14(13(4)21-22(15)5)19-17(23)18-8-7-9-24-12(3)10-11(2)20-24/h10H,6-9H2,1-5H3,(H,18,19). The fourth-order valence-corrected chi connectivity index (χ4v) is 3.17. The summed E-state index contributed by atoms with van der Waals surface area (Å²) in [4.78, 5) is 17.4. The van der Waals surface area contributed by atoms with Crippen LogP contribution in [0.3, 0.4) is 0 Å². The second-order valence-corrected chi connectivity index (χ2v) is 6.32. The Balaban J connectivity index is 1.78. The molecule has 1 N–H and O–H groups in total. The number of hydrogen-bond donors (Lipinski definition) is 1. The number of rotatable bonds is 6. The molecule has 0 unspecified atom stereocenters. The maximum Gasteiger partial charge on any atom is 0.281 e. The Kier molecular flexibility index (Phi) is 4.61. The molecule has 3 rings (SSSR count). The van der Waals surface area contributed by atoms with Crippen molar-refractivity contribution in [2.45, 2.75) is 47.2 Å². The summed E-state index contributed by atoms with van der Waals surface area (Å²) in [6.07, 6.45) is 0.894. The van der Waals surface area contributed by atoms with Gasteiger partial charge in [0.2, 0.25) is 5.95 Å². The van der Waals surface area contributed by atoms with E-state index in [4.69, 9.17) is 0 Å². The van der Waals surface area contributed by atoms with Crippen molar-refractivity contribution >= 4 is 17.0 Å². The van der Waals surface area contributed by atoms with Crippen LogP contribution in [0.1, 0.15) is 30.4 Å². The summed E-state index contributed by atoms with van der Waals surface area (Å²) in [5.41, 5.74) is 4.11. The number of aryl methyl sites for hydroxylation is 5. The van der Waals surface area contributed by atoms with Crippen molar-refractivity contribution in [2.24, 2.45) is 7.05 Å². The third-order valence-corrected chi connectivity index (χ3v) is 4.36. The van der Waals surface area contributed by atoms with E-state index >= 15 is 0 Å². The molecule has 0 aliphatic rings. The second kappa shape index (κ2) is 6.70. The lowest BCUT2D eigenvalue weighted by Crippen LogP contribution is -2.26. The van der Waals surface area contributed by atoms with Gasteiger partial charge in [0.15, 0.2) is 5.52 Å². The van der Waals surface area contributed by atoms with E-state index in [-0.39, 0.29) is 5.56 Å². The third kappa shape index (κ3) is 3.16.